The third-order valence-electron chi connectivity index (χ3n) is 3.70. The highest BCUT2D eigenvalue weighted by molar-refractivity contribution is 6.67. The molecule has 27 heavy (non-hydrogen) atoms. The first kappa shape index (κ1) is 21.7. The van der Waals surface area contributed by atoms with Gasteiger partial charge in [-0.05, 0) is 30.7 Å². The number of nitrogens with zero attached hydrogens (tertiary/aromatic N) is 2. The molecule has 0 aliphatic heterocycles. The monoisotopic (exact) mass is 433 g/mol. The van der Waals surface area contributed by atoms with Gasteiger partial charge >= 0.3 is 6.09 Å². The first-order chi connectivity index (χ1) is 12.4. The Morgan fingerprint density at radius 1 is 1.22 bits per heavy atom. The minimum atomic E-state index is -1.61. The zero-order chi connectivity index (χ0) is 20.4. The molecule has 6 nitrogen and oxygen atoms in total. The van der Waals surface area contributed by atoms with E-state index in [9.17, 15) is 4.79 Å². The van der Waals surface area contributed by atoms with Crippen LogP contribution < -0.4 is 14.8 Å². The number of aryl methyl sites for hydroxylation is 1. The van der Waals surface area contributed by atoms with Crippen molar-refractivity contribution in [3.63, 3.8) is 0 Å². The lowest BCUT2D eigenvalue weighted by molar-refractivity contribution is 0.197. The fourth-order valence-corrected chi connectivity index (χ4v) is 2.49. The lowest BCUT2D eigenvalue weighted by atomic mass is 9.93. The van der Waals surface area contributed by atoms with Gasteiger partial charge in [0.15, 0.2) is 0 Å². The lowest BCUT2D eigenvalue weighted by Crippen LogP contribution is -2.34. The number of carbonyl (C=O) groups excluding carboxylic acids is 1. The predicted octanol–water partition coefficient (Wildman–Crippen LogP) is 4.95. The van der Waals surface area contributed by atoms with E-state index in [4.69, 9.17) is 44.3 Å². The normalized spacial score (nSPS) is 12.0. The molecule has 1 N–H and O–H groups in total. The molecule has 0 bridgehead atoms. The number of alkyl halides is 3. The highest BCUT2D eigenvalue weighted by atomic mass is 35.6. The van der Waals surface area contributed by atoms with Crippen molar-refractivity contribution < 1.29 is 14.3 Å². The van der Waals surface area contributed by atoms with Gasteiger partial charge in [0.05, 0.1) is 25.0 Å². The molecular weight excluding hydrogens is 413 g/mol. The Morgan fingerprint density at radius 2 is 1.89 bits per heavy atom. The standard InChI is InChI=1S/C18H22Cl3N3O3/c1-11-8-12(6-7-13(11)26-5)24-15(9-14(23-24)17(2,3)4)27-16(25)22-10-18(19,20)21/h6-9H,10H2,1-5H3,(H,22,25). The molecule has 0 saturated heterocycles. The summed E-state index contributed by atoms with van der Waals surface area (Å²) < 4.78 is 10.7. The van der Waals surface area contributed by atoms with E-state index in [2.05, 4.69) is 10.4 Å². The van der Waals surface area contributed by atoms with Crippen LogP contribution in [0.4, 0.5) is 4.79 Å². The maximum absolute atomic E-state index is 12.1. The number of ether oxygens (including phenoxy) is 2. The van der Waals surface area contributed by atoms with Crippen molar-refractivity contribution in [2.75, 3.05) is 13.7 Å². The van der Waals surface area contributed by atoms with Crippen LogP contribution in [-0.2, 0) is 5.41 Å². The van der Waals surface area contributed by atoms with Gasteiger partial charge in [0.25, 0.3) is 0 Å². The summed E-state index contributed by atoms with van der Waals surface area (Å²) >= 11 is 16.9. The van der Waals surface area contributed by atoms with Crippen molar-refractivity contribution in [1.82, 2.24) is 15.1 Å². The van der Waals surface area contributed by atoms with Crippen molar-refractivity contribution >= 4 is 40.9 Å². The van der Waals surface area contributed by atoms with E-state index in [0.29, 0.717) is 0 Å². The summed E-state index contributed by atoms with van der Waals surface area (Å²) in [5.41, 5.74) is 2.18. The molecule has 1 amide bonds. The first-order valence-electron chi connectivity index (χ1n) is 8.19. The Kier molecular flexibility index (Phi) is 6.55. The smallest absolute Gasteiger partial charge is 0.414 e. The lowest BCUT2D eigenvalue weighted by Gasteiger charge is -2.14. The number of benzene rings is 1. The number of carbonyl (C=O) groups is 1. The van der Waals surface area contributed by atoms with Gasteiger partial charge in [0.2, 0.25) is 9.67 Å². The molecule has 1 aromatic heterocycles. The van der Waals surface area contributed by atoms with Gasteiger partial charge in [-0.3, -0.25) is 0 Å². The summed E-state index contributed by atoms with van der Waals surface area (Å²) in [5.74, 6) is 1.01. The summed E-state index contributed by atoms with van der Waals surface area (Å²) in [6, 6.07) is 7.27. The van der Waals surface area contributed by atoms with E-state index in [1.54, 1.807) is 17.9 Å². The Hall–Kier alpha value is -1.63. The van der Waals surface area contributed by atoms with Crippen LogP contribution in [0, 0.1) is 6.92 Å². The molecule has 1 aromatic carbocycles. The Labute approximate surface area is 173 Å². The van der Waals surface area contributed by atoms with Gasteiger partial charge in [-0.15, -0.1) is 0 Å². The minimum absolute atomic E-state index is 0.182. The van der Waals surface area contributed by atoms with E-state index in [-0.39, 0.29) is 17.8 Å². The molecular formula is C18H22Cl3N3O3. The average Bonchev–Trinajstić information content (AvgIpc) is 2.96. The number of aromatic nitrogens is 2. The quantitative estimate of drug-likeness (QED) is 0.692. The SMILES string of the molecule is COc1ccc(-n2nc(C(C)(C)C)cc2OC(=O)NCC(Cl)(Cl)Cl)cc1C. The van der Waals surface area contributed by atoms with Crippen LogP contribution in [0.2, 0.25) is 0 Å². The highest BCUT2D eigenvalue weighted by Gasteiger charge is 2.24. The molecule has 1 heterocycles. The van der Waals surface area contributed by atoms with Crippen LogP contribution in [0.5, 0.6) is 11.6 Å². The second kappa shape index (κ2) is 8.17. The van der Waals surface area contributed by atoms with Gasteiger partial charge in [-0.1, -0.05) is 55.6 Å². The summed E-state index contributed by atoms with van der Waals surface area (Å²) in [5, 5.41) is 7.01. The molecule has 0 radical (unpaired) electrons. The predicted molar refractivity (Wildman–Crippen MR) is 108 cm³/mol. The summed E-state index contributed by atoms with van der Waals surface area (Å²) in [7, 11) is 1.61. The third kappa shape index (κ3) is 5.92. The van der Waals surface area contributed by atoms with Gasteiger partial charge in [-0.25, -0.2) is 9.48 Å². The molecule has 0 atom stereocenters. The number of hydrogen-bond acceptors (Lipinski definition) is 4. The maximum atomic E-state index is 12.1. The number of nitrogens with one attached hydrogen (secondary N) is 1. The van der Waals surface area contributed by atoms with Gasteiger partial charge in [-0.2, -0.15) is 5.10 Å². The summed E-state index contributed by atoms with van der Waals surface area (Å²) in [6.45, 7) is 7.80. The van der Waals surface area contributed by atoms with Crippen molar-refractivity contribution in [2.45, 2.75) is 36.9 Å². The van der Waals surface area contributed by atoms with Crippen LogP contribution >= 0.6 is 34.8 Å². The van der Waals surface area contributed by atoms with E-state index < -0.39 is 9.89 Å². The van der Waals surface area contributed by atoms with Crippen LogP contribution in [0.3, 0.4) is 0 Å². The molecule has 0 saturated carbocycles. The summed E-state index contributed by atoms with van der Waals surface area (Å²) in [4.78, 5) is 12.1. The molecule has 9 heteroatoms. The number of methoxy groups -OCH3 is 1. The van der Waals surface area contributed by atoms with Crippen molar-refractivity contribution in [3.05, 3.63) is 35.5 Å². The first-order valence-corrected chi connectivity index (χ1v) is 9.32. The average molecular weight is 435 g/mol. The van der Waals surface area contributed by atoms with Crippen LogP contribution in [0.1, 0.15) is 32.0 Å². The van der Waals surface area contributed by atoms with E-state index in [0.717, 1.165) is 22.7 Å². The molecule has 148 valence electrons. The van der Waals surface area contributed by atoms with Gasteiger partial charge in [0, 0.05) is 11.5 Å². The Balaban J connectivity index is 2.37. The maximum Gasteiger partial charge on any atom is 0.414 e. The minimum Gasteiger partial charge on any atom is -0.496 e. The number of halogens is 3. The molecule has 0 fully saturated rings. The van der Waals surface area contributed by atoms with Crippen LogP contribution in [-0.4, -0.2) is 33.3 Å². The van der Waals surface area contributed by atoms with Gasteiger partial charge < -0.3 is 14.8 Å². The second-order valence-electron chi connectivity index (χ2n) is 7.04. The molecule has 0 unspecified atom stereocenters. The van der Waals surface area contributed by atoms with Crippen molar-refractivity contribution in [3.8, 4) is 17.3 Å². The number of rotatable bonds is 4. The Bertz CT molecular complexity index is 823. The van der Waals surface area contributed by atoms with E-state index >= 15 is 0 Å². The van der Waals surface area contributed by atoms with Crippen molar-refractivity contribution in [2.24, 2.45) is 0 Å². The highest BCUT2D eigenvalue weighted by Crippen LogP contribution is 2.30. The number of amides is 1. The fourth-order valence-electron chi connectivity index (χ4n) is 2.29. The third-order valence-corrected chi connectivity index (χ3v) is 4.10. The molecule has 0 aliphatic rings. The molecule has 0 aliphatic carbocycles. The van der Waals surface area contributed by atoms with Gasteiger partial charge in [0.1, 0.15) is 5.75 Å². The summed E-state index contributed by atoms with van der Waals surface area (Å²) in [6.07, 6.45) is -0.742. The van der Waals surface area contributed by atoms with Crippen molar-refractivity contribution in [1.29, 1.82) is 0 Å². The number of hydrogen-bond donors (Lipinski definition) is 1. The molecule has 2 aromatic rings. The zero-order valence-corrected chi connectivity index (χ0v) is 18.0. The zero-order valence-electron chi connectivity index (χ0n) is 15.8. The van der Waals surface area contributed by atoms with Crippen LogP contribution in [0.25, 0.3) is 5.69 Å². The van der Waals surface area contributed by atoms with E-state index in [1.807, 2.05) is 45.9 Å². The Morgan fingerprint density at radius 3 is 2.41 bits per heavy atom. The van der Waals surface area contributed by atoms with Crippen LogP contribution in [0.15, 0.2) is 24.3 Å². The largest absolute Gasteiger partial charge is 0.496 e. The molecule has 2 rings (SSSR count). The topological polar surface area (TPSA) is 65.4 Å². The van der Waals surface area contributed by atoms with E-state index in [1.165, 1.54) is 0 Å². The second-order valence-corrected chi connectivity index (χ2v) is 9.56. The fraction of sp³-hybridized carbons (Fsp3) is 0.444. The molecule has 0 spiro atoms.